The van der Waals surface area contributed by atoms with Gasteiger partial charge in [-0.2, -0.15) is 11.8 Å². The molecule has 0 aliphatic carbocycles. The Bertz CT molecular complexity index is 335. The maximum absolute atomic E-state index is 5.89. The summed E-state index contributed by atoms with van der Waals surface area (Å²) in [5.74, 6) is 0. The van der Waals surface area contributed by atoms with Gasteiger partial charge in [0.15, 0.2) is 0 Å². The summed E-state index contributed by atoms with van der Waals surface area (Å²) >= 11 is 7.95. The van der Waals surface area contributed by atoms with Gasteiger partial charge in [0.2, 0.25) is 0 Å². The molecule has 1 aromatic rings. The number of halogens is 1. The molecule has 4 heteroatoms. The molecule has 0 radical (unpaired) electrons. The van der Waals surface area contributed by atoms with Crippen LogP contribution in [-0.2, 0) is 0 Å². The Kier molecular flexibility index (Phi) is 3.42. The highest BCUT2D eigenvalue weighted by molar-refractivity contribution is 8.00. The molecule has 82 valence electrons. The van der Waals surface area contributed by atoms with Crippen LogP contribution in [0, 0.1) is 0 Å². The number of hydrogen-bond acceptors (Lipinski definition) is 3. The molecule has 0 spiro atoms. The summed E-state index contributed by atoms with van der Waals surface area (Å²) in [6.45, 7) is 6.73. The average molecular weight is 243 g/mol. The number of nitrogens with zero attached hydrogens (tertiary/aromatic N) is 2. The predicted octanol–water partition coefficient (Wildman–Crippen LogP) is 3.07. The molecule has 1 saturated heterocycles. The van der Waals surface area contributed by atoms with E-state index in [0.717, 1.165) is 13.1 Å². The van der Waals surface area contributed by atoms with E-state index in [1.165, 1.54) is 5.69 Å². The zero-order valence-corrected chi connectivity index (χ0v) is 10.6. The van der Waals surface area contributed by atoms with Crippen LogP contribution in [0.15, 0.2) is 18.3 Å². The first-order valence-electron chi connectivity index (χ1n) is 5.17. The Balaban J connectivity index is 2.16. The van der Waals surface area contributed by atoms with Gasteiger partial charge in [-0.3, -0.25) is 0 Å². The minimum Gasteiger partial charge on any atom is -0.369 e. The van der Waals surface area contributed by atoms with Crippen molar-refractivity contribution in [2.45, 2.75) is 24.3 Å². The summed E-state index contributed by atoms with van der Waals surface area (Å²) in [4.78, 5) is 6.39. The van der Waals surface area contributed by atoms with Gasteiger partial charge in [0.25, 0.3) is 0 Å². The van der Waals surface area contributed by atoms with Crippen LogP contribution in [0.1, 0.15) is 13.8 Å². The Labute approximate surface area is 100 Å². The minimum absolute atomic E-state index is 0.575. The second-order valence-electron chi connectivity index (χ2n) is 4.00. The van der Waals surface area contributed by atoms with Crippen molar-refractivity contribution in [3.8, 4) is 0 Å². The maximum atomic E-state index is 5.89. The minimum atomic E-state index is 0.575. The predicted molar refractivity (Wildman–Crippen MR) is 68.0 cm³/mol. The van der Waals surface area contributed by atoms with Crippen LogP contribution < -0.4 is 4.90 Å². The van der Waals surface area contributed by atoms with Crippen molar-refractivity contribution >= 4 is 29.1 Å². The van der Waals surface area contributed by atoms with Gasteiger partial charge in [-0.1, -0.05) is 25.4 Å². The first kappa shape index (κ1) is 11.1. The molecule has 15 heavy (non-hydrogen) atoms. The quantitative estimate of drug-likeness (QED) is 0.705. The smallest absolute Gasteiger partial charge is 0.131 e. The number of anilines is 1. The number of pyridine rings is 1. The van der Waals surface area contributed by atoms with Gasteiger partial charge in [0.1, 0.15) is 5.15 Å². The van der Waals surface area contributed by atoms with Crippen LogP contribution in [0.25, 0.3) is 0 Å². The first-order chi connectivity index (χ1) is 7.15. The van der Waals surface area contributed by atoms with Crippen molar-refractivity contribution in [3.63, 3.8) is 0 Å². The molecule has 1 fully saturated rings. The molecule has 1 aliphatic heterocycles. The standard InChI is InChI=1S/C11H15ClN2S/c1-8-6-14(7-9(2)15-8)10-3-4-13-11(12)5-10/h3-5,8-9H,6-7H2,1-2H3. The molecule has 0 bridgehead atoms. The summed E-state index contributed by atoms with van der Waals surface area (Å²) in [5.41, 5.74) is 1.19. The Hall–Kier alpha value is -0.410. The highest BCUT2D eigenvalue weighted by Crippen LogP contribution is 2.28. The van der Waals surface area contributed by atoms with E-state index in [-0.39, 0.29) is 0 Å². The molecule has 2 atom stereocenters. The van der Waals surface area contributed by atoms with Gasteiger partial charge in [0.05, 0.1) is 0 Å². The third-order valence-corrected chi connectivity index (χ3v) is 3.93. The maximum Gasteiger partial charge on any atom is 0.131 e. The molecule has 0 amide bonds. The van der Waals surface area contributed by atoms with Crippen molar-refractivity contribution in [3.05, 3.63) is 23.5 Å². The highest BCUT2D eigenvalue weighted by Gasteiger charge is 2.22. The summed E-state index contributed by atoms with van der Waals surface area (Å²) < 4.78 is 0. The molecule has 0 saturated carbocycles. The Morgan fingerprint density at radius 3 is 2.67 bits per heavy atom. The Morgan fingerprint density at radius 2 is 2.07 bits per heavy atom. The van der Waals surface area contributed by atoms with Gasteiger partial charge in [-0.05, 0) is 12.1 Å². The second-order valence-corrected chi connectivity index (χ2v) is 6.27. The first-order valence-corrected chi connectivity index (χ1v) is 6.49. The summed E-state index contributed by atoms with van der Waals surface area (Å²) in [5, 5.41) is 1.94. The topological polar surface area (TPSA) is 16.1 Å². The van der Waals surface area contributed by atoms with E-state index in [1.54, 1.807) is 6.20 Å². The molecule has 2 rings (SSSR count). The van der Waals surface area contributed by atoms with Gasteiger partial charge in [0, 0.05) is 35.5 Å². The molecule has 1 aromatic heterocycles. The zero-order valence-electron chi connectivity index (χ0n) is 8.98. The van der Waals surface area contributed by atoms with E-state index >= 15 is 0 Å². The van der Waals surface area contributed by atoms with Gasteiger partial charge in [-0.15, -0.1) is 0 Å². The lowest BCUT2D eigenvalue weighted by Gasteiger charge is -2.36. The zero-order chi connectivity index (χ0) is 10.8. The fourth-order valence-electron chi connectivity index (χ4n) is 1.98. The molecule has 0 aromatic carbocycles. The summed E-state index contributed by atoms with van der Waals surface area (Å²) in [6, 6.07) is 3.97. The van der Waals surface area contributed by atoms with Crippen LogP contribution in [0.3, 0.4) is 0 Å². The van der Waals surface area contributed by atoms with Crippen molar-refractivity contribution in [2.75, 3.05) is 18.0 Å². The van der Waals surface area contributed by atoms with E-state index in [4.69, 9.17) is 11.6 Å². The lowest BCUT2D eigenvalue weighted by atomic mass is 10.3. The fourth-order valence-corrected chi connectivity index (χ4v) is 3.47. The molecular formula is C11H15ClN2S. The van der Waals surface area contributed by atoms with Crippen molar-refractivity contribution in [2.24, 2.45) is 0 Å². The van der Waals surface area contributed by atoms with E-state index in [1.807, 2.05) is 12.1 Å². The molecule has 2 unspecified atom stereocenters. The number of aromatic nitrogens is 1. The molecule has 2 heterocycles. The van der Waals surface area contributed by atoms with Gasteiger partial charge >= 0.3 is 0 Å². The lowest BCUT2D eigenvalue weighted by molar-refractivity contribution is 0.728. The summed E-state index contributed by atoms with van der Waals surface area (Å²) in [7, 11) is 0. The molecular weight excluding hydrogens is 228 g/mol. The summed E-state index contributed by atoms with van der Waals surface area (Å²) in [6.07, 6.45) is 1.77. The fraction of sp³-hybridized carbons (Fsp3) is 0.545. The van der Waals surface area contributed by atoms with E-state index in [0.29, 0.717) is 15.7 Å². The van der Waals surface area contributed by atoms with Crippen LogP contribution in [0.4, 0.5) is 5.69 Å². The second kappa shape index (κ2) is 4.62. The van der Waals surface area contributed by atoms with Gasteiger partial charge in [-0.25, -0.2) is 4.98 Å². The van der Waals surface area contributed by atoms with Crippen LogP contribution in [0.5, 0.6) is 0 Å². The number of thioether (sulfide) groups is 1. The van der Waals surface area contributed by atoms with E-state index < -0.39 is 0 Å². The van der Waals surface area contributed by atoms with Crippen LogP contribution in [-0.4, -0.2) is 28.6 Å². The van der Waals surface area contributed by atoms with Crippen molar-refractivity contribution in [1.29, 1.82) is 0 Å². The van der Waals surface area contributed by atoms with E-state index in [2.05, 4.69) is 35.5 Å². The molecule has 1 aliphatic rings. The van der Waals surface area contributed by atoms with E-state index in [9.17, 15) is 0 Å². The number of rotatable bonds is 1. The average Bonchev–Trinajstić information content (AvgIpc) is 2.16. The van der Waals surface area contributed by atoms with Crippen molar-refractivity contribution in [1.82, 2.24) is 4.98 Å². The monoisotopic (exact) mass is 242 g/mol. The third kappa shape index (κ3) is 2.79. The Morgan fingerprint density at radius 1 is 1.40 bits per heavy atom. The number of hydrogen-bond donors (Lipinski definition) is 0. The van der Waals surface area contributed by atoms with Crippen LogP contribution >= 0.6 is 23.4 Å². The third-order valence-electron chi connectivity index (χ3n) is 2.49. The largest absolute Gasteiger partial charge is 0.369 e. The normalized spacial score (nSPS) is 26.7. The SMILES string of the molecule is CC1CN(c2ccnc(Cl)c2)CC(C)S1. The highest BCUT2D eigenvalue weighted by atomic mass is 35.5. The molecule has 2 nitrogen and oxygen atoms in total. The van der Waals surface area contributed by atoms with Crippen molar-refractivity contribution < 1.29 is 0 Å². The lowest BCUT2D eigenvalue weighted by Crippen LogP contribution is -2.40. The van der Waals surface area contributed by atoms with Crippen LogP contribution in [0.2, 0.25) is 5.15 Å². The molecule has 0 N–H and O–H groups in total. The van der Waals surface area contributed by atoms with Gasteiger partial charge < -0.3 is 4.90 Å².